The van der Waals surface area contributed by atoms with Gasteiger partial charge in [0.2, 0.25) is 5.43 Å². The third kappa shape index (κ3) is 4.44. The first-order chi connectivity index (χ1) is 13.1. The van der Waals surface area contributed by atoms with Crippen molar-refractivity contribution in [3.63, 3.8) is 0 Å². The molecule has 0 unspecified atom stereocenters. The van der Waals surface area contributed by atoms with Gasteiger partial charge in [0.15, 0.2) is 5.75 Å². The van der Waals surface area contributed by atoms with Gasteiger partial charge in [-0.2, -0.15) is 0 Å². The molecule has 0 aliphatic carbocycles. The topological polar surface area (TPSA) is 60.3 Å². The zero-order valence-corrected chi connectivity index (χ0v) is 15.4. The van der Waals surface area contributed by atoms with Gasteiger partial charge in [0.1, 0.15) is 6.61 Å². The van der Waals surface area contributed by atoms with Crippen molar-refractivity contribution in [2.24, 2.45) is 7.05 Å². The summed E-state index contributed by atoms with van der Waals surface area (Å²) in [6.45, 7) is 2.34. The van der Waals surface area contributed by atoms with Gasteiger partial charge < -0.3 is 14.6 Å². The number of pyridine rings is 1. The van der Waals surface area contributed by atoms with Crippen LogP contribution in [0.2, 0.25) is 0 Å². The molecule has 27 heavy (non-hydrogen) atoms. The zero-order chi connectivity index (χ0) is 19.2. The maximum atomic E-state index is 12.5. The van der Waals surface area contributed by atoms with Crippen LogP contribution in [0.1, 0.15) is 27.3 Å². The van der Waals surface area contributed by atoms with Crippen molar-refractivity contribution in [2.75, 3.05) is 0 Å². The van der Waals surface area contributed by atoms with E-state index in [1.807, 2.05) is 67.1 Å². The highest BCUT2D eigenvalue weighted by atomic mass is 16.5. The lowest BCUT2D eigenvalue weighted by Crippen LogP contribution is -2.27. The van der Waals surface area contributed by atoms with Gasteiger partial charge in [0.25, 0.3) is 5.91 Å². The molecule has 0 aliphatic rings. The van der Waals surface area contributed by atoms with E-state index < -0.39 is 0 Å². The smallest absolute Gasteiger partial charge is 0.251 e. The molecule has 5 heteroatoms. The normalized spacial score (nSPS) is 10.4. The molecule has 0 spiro atoms. The van der Waals surface area contributed by atoms with Crippen molar-refractivity contribution >= 4 is 5.91 Å². The molecule has 1 amide bonds. The number of aromatic nitrogens is 1. The van der Waals surface area contributed by atoms with Gasteiger partial charge in [-0.25, -0.2) is 0 Å². The summed E-state index contributed by atoms with van der Waals surface area (Å²) in [5, 5.41) is 2.87. The van der Waals surface area contributed by atoms with Gasteiger partial charge in [-0.1, -0.05) is 48.5 Å². The van der Waals surface area contributed by atoms with Gasteiger partial charge in [0.05, 0.1) is 12.2 Å². The third-order valence-electron chi connectivity index (χ3n) is 4.44. The SMILES string of the molecule is Cc1cc(=O)c(OCc2ccccc2)c(CNC(=O)c2ccccc2)n1C. The highest BCUT2D eigenvalue weighted by Gasteiger charge is 2.15. The fraction of sp³-hybridized carbons (Fsp3) is 0.182. The van der Waals surface area contributed by atoms with Crippen molar-refractivity contribution in [3.8, 4) is 5.75 Å². The first-order valence-corrected chi connectivity index (χ1v) is 8.75. The third-order valence-corrected chi connectivity index (χ3v) is 4.44. The molecule has 3 rings (SSSR count). The van der Waals surface area contributed by atoms with Gasteiger partial charge >= 0.3 is 0 Å². The van der Waals surface area contributed by atoms with E-state index in [0.717, 1.165) is 11.3 Å². The molecular weight excluding hydrogens is 340 g/mol. The lowest BCUT2D eigenvalue weighted by Gasteiger charge is -2.17. The molecule has 0 saturated carbocycles. The summed E-state index contributed by atoms with van der Waals surface area (Å²) in [6, 6.07) is 20.2. The van der Waals surface area contributed by atoms with Crippen LogP contribution in [0, 0.1) is 6.92 Å². The summed E-state index contributed by atoms with van der Waals surface area (Å²) in [6.07, 6.45) is 0. The minimum absolute atomic E-state index is 0.189. The number of nitrogens with one attached hydrogen (secondary N) is 1. The van der Waals surface area contributed by atoms with E-state index in [9.17, 15) is 9.59 Å². The van der Waals surface area contributed by atoms with Gasteiger partial charge in [-0.3, -0.25) is 9.59 Å². The Labute approximate surface area is 158 Å². The molecule has 0 radical (unpaired) electrons. The predicted octanol–water partition coefficient (Wildman–Crippen LogP) is 3.20. The number of nitrogens with zero attached hydrogens (tertiary/aromatic N) is 1. The fourth-order valence-electron chi connectivity index (χ4n) is 2.80. The van der Waals surface area contributed by atoms with Gasteiger partial charge in [0, 0.05) is 24.4 Å². The van der Waals surface area contributed by atoms with Crippen molar-refractivity contribution in [1.29, 1.82) is 0 Å². The largest absolute Gasteiger partial charge is 0.483 e. The van der Waals surface area contributed by atoms with E-state index in [0.29, 0.717) is 17.9 Å². The number of hydrogen-bond acceptors (Lipinski definition) is 3. The first-order valence-electron chi connectivity index (χ1n) is 8.75. The van der Waals surface area contributed by atoms with Crippen molar-refractivity contribution in [3.05, 3.63) is 99.5 Å². The highest BCUT2D eigenvalue weighted by molar-refractivity contribution is 5.94. The molecule has 1 aromatic heterocycles. The molecule has 0 fully saturated rings. The van der Waals surface area contributed by atoms with E-state index in [-0.39, 0.29) is 23.6 Å². The Bertz CT molecular complexity index is 980. The Morgan fingerprint density at radius 3 is 2.33 bits per heavy atom. The zero-order valence-electron chi connectivity index (χ0n) is 15.4. The maximum absolute atomic E-state index is 12.5. The number of carbonyl (C=O) groups excluding carboxylic acids is 1. The van der Waals surface area contributed by atoms with Crippen LogP contribution in [0.3, 0.4) is 0 Å². The van der Waals surface area contributed by atoms with E-state index >= 15 is 0 Å². The molecule has 0 aliphatic heterocycles. The first kappa shape index (κ1) is 18.5. The molecule has 138 valence electrons. The Morgan fingerprint density at radius 1 is 1.04 bits per heavy atom. The number of aryl methyl sites for hydroxylation is 1. The van der Waals surface area contributed by atoms with Crippen LogP contribution in [0.15, 0.2) is 71.5 Å². The van der Waals surface area contributed by atoms with Crippen molar-refractivity contribution in [1.82, 2.24) is 9.88 Å². The lowest BCUT2D eigenvalue weighted by molar-refractivity contribution is 0.0949. The monoisotopic (exact) mass is 362 g/mol. The molecule has 1 N–H and O–H groups in total. The Kier molecular flexibility index (Phi) is 5.71. The molecule has 2 aromatic carbocycles. The Hall–Kier alpha value is -3.34. The Morgan fingerprint density at radius 2 is 1.67 bits per heavy atom. The number of rotatable bonds is 6. The molecule has 3 aromatic rings. The highest BCUT2D eigenvalue weighted by Crippen LogP contribution is 2.16. The van der Waals surface area contributed by atoms with Crippen LogP contribution in [-0.2, 0) is 20.2 Å². The maximum Gasteiger partial charge on any atom is 0.251 e. The van der Waals surface area contributed by atoms with Crippen LogP contribution >= 0.6 is 0 Å². The average Bonchev–Trinajstić information content (AvgIpc) is 2.70. The van der Waals surface area contributed by atoms with Crippen LogP contribution in [0.25, 0.3) is 0 Å². The van der Waals surface area contributed by atoms with E-state index in [1.54, 1.807) is 18.2 Å². The number of amides is 1. The van der Waals surface area contributed by atoms with E-state index in [2.05, 4.69) is 5.32 Å². The number of ether oxygens (including phenoxy) is 1. The number of benzene rings is 2. The van der Waals surface area contributed by atoms with Gasteiger partial charge in [-0.05, 0) is 24.6 Å². The Balaban J connectivity index is 1.82. The number of hydrogen-bond donors (Lipinski definition) is 1. The minimum Gasteiger partial charge on any atom is -0.483 e. The number of carbonyl (C=O) groups is 1. The van der Waals surface area contributed by atoms with E-state index in [4.69, 9.17) is 4.74 Å². The molecular formula is C22H22N2O3. The fourth-order valence-corrected chi connectivity index (χ4v) is 2.80. The van der Waals surface area contributed by atoms with Crippen molar-refractivity contribution < 1.29 is 9.53 Å². The summed E-state index contributed by atoms with van der Waals surface area (Å²) in [5.74, 6) is 0.0684. The molecule has 0 bridgehead atoms. The summed E-state index contributed by atoms with van der Waals surface area (Å²) in [5.41, 5.74) is 2.79. The molecule has 1 heterocycles. The standard InChI is InChI=1S/C22H22N2O3/c1-16-13-20(25)21(27-15-17-9-5-3-6-10-17)19(24(16)2)14-23-22(26)18-11-7-4-8-12-18/h3-13H,14-15H2,1-2H3,(H,23,26). The van der Waals surface area contributed by atoms with Crippen LogP contribution in [-0.4, -0.2) is 10.5 Å². The van der Waals surface area contributed by atoms with E-state index in [1.165, 1.54) is 0 Å². The second-order valence-corrected chi connectivity index (χ2v) is 6.31. The van der Waals surface area contributed by atoms with Crippen molar-refractivity contribution in [2.45, 2.75) is 20.1 Å². The molecule has 0 saturated heterocycles. The average molecular weight is 362 g/mol. The lowest BCUT2D eigenvalue weighted by atomic mass is 10.2. The molecule has 5 nitrogen and oxygen atoms in total. The quantitative estimate of drug-likeness (QED) is 0.732. The minimum atomic E-state index is -0.196. The molecule has 0 atom stereocenters. The van der Waals surface area contributed by atoms with Gasteiger partial charge in [-0.15, -0.1) is 0 Å². The summed E-state index contributed by atoms with van der Waals surface area (Å²) >= 11 is 0. The second kappa shape index (κ2) is 8.36. The summed E-state index contributed by atoms with van der Waals surface area (Å²) in [4.78, 5) is 24.8. The predicted molar refractivity (Wildman–Crippen MR) is 105 cm³/mol. The van der Waals surface area contributed by atoms with Crippen LogP contribution < -0.4 is 15.5 Å². The summed E-state index contributed by atoms with van der Waals surface area (Å²) < 4.78 is 7.71. The summed E-state index contributed by atoms with van der Waals surface area (Å²) in [7, 11) is 1.86. The van der Waals surface area contributed by atoms with Crippen LogP contribution in [0.5, 0.6) is 5.75 Å². The second-order valence-electron chi connectivity index (χ2n) is 6.31. The van der Waals surface area contributed by atoms with Crippen LogP contribution in [0.4, 0.5) is 0 Å².